The number of aryl methyl sites for hydroxylation is 1. The molecule has 1 aromatic carbocycles. The van der Waals surface area contributed by atoms with Crippen LogP contribution in [0.25, 0.3) is 0 Å². The van der Waals surface area contributed by atoms with E-state index in [0.29, 0.717) is 0 Å². The van der Waals surface area contributed by atoms with E-state index >= 15 is 0 Å². The highest BCUT2D eigenvalue weighted by Crippen LogP contribution is 2.24. The van der Waals surface area contributed by atoms with E-state index < -0.39 is 11.8 Å². The van der Waals surface area contributed by atoms with Crippen LogP contribution >= 0.6 is 0 Å². The fraction of sp³-hybridized carbons (Fsp3) is 0.143. The van der Waals surface area contributed by atoms with Crippen LogP contribution in [0.15, 0.2) is 24.3 Å². The first-order chi connectivity index (χ1) is 9.38. The van der Waals surface area contributed by atoms with E-state index in [1.807, 2.05) is 0 Å². The highest BCUT2D eigenvalue weighted by molar-refractivity contribution is 6.00. The zero-order valence-corrected chi connectivity index (χ0v) is 11.0. The number of nitrogens with one attached hydrogen (secondary N) is 2. The Bertz CT molecular complexity index is 692. The van der Waals surface area contributed by atoms with E-state index in [-0.39, 0.29) is 28.5 Å². The molecule has 0 saturated carbocycles. The SMILES string of the molecule is CC(=O)c1cc(C(=O)O)c(Nc2ccc(C)cc2F)[nH]1. The maximum absolute atomic E-state index is 13.7. The number of halogens is 1. The minimum Gasteiger partial charge on any atom is -0.478 e. The molecule has 104 valence electrons. The molecule has 0 aliphatic heterocycles. The predicted molar refractivity (Wildman–Crippen MR) is 72.2 cm³/mol. The molecule has 6 heteroatoms. The van der Waals surface area contributed by atoms with Crippen molar-refractivity contribution >= 4 is 23.3 Å². The molecule has 0 spiro atoms. The first-order valence-electron chi connectivity index (χ1n) is 5.89. The van der Waals surface area contributed by atoms with Gasteiger partial charge in [-0.2, -0.15) is 0 Å². The fourth-order valence-electron chi connectivity index (χ4n) is 1.77. The molecular weight excluding hydrogens is 263 g/mol. The molecule has 1 heterocycles. The average molecular weight is 276 g/mol. The number of aromatic carboxylic acids is 1. The molecule has 0 amide bonds. The maximum Gasteiger partial charge on any atom is 0.339 e. The van der Waals surface area contributed by atoms with Gasteiger partial charge in [-0.15, -0.1) is 0 Å². The largest absolute Gasteiger partial charge is 0.478 e. The van der Waals surface area contributed by atoms with Gasteiger partial charge in [-0.1, -0.05) is 6.07 Å². The van der Waals surface area contributed by atoms with Gasteiger partial charge in [0, 0.05) is 6.92 Å². The summed E-state index contributed by atoms with van der Waals surface area (Å²) in [5.74, 6) is -1.93. The van der Waals surface area contributed by atoms with E-state index in [1.54, 1.807) is 13.0 Å². The van der Waals surface area contributed by atoms with Gasteiger partial charge in [0.2, 0.25) is 0 Å². The van der Waals surface area contributed by atoms with Crippen LogP contribution in [0.2, 0.25) is 0 Å². The Hall–Kier alpha value is -2.63. The van der Waals surface area contributed by atoms with Gasteiger partial charge in [-0.3, -0.25) is 4.79 Å². The quantitative estimate of drug-likeness (QED) is 0.749. The summed E-state index contributed by atoms with van der Waals surface area (Å²) >= 11 is 0. The Morgan fingerprint density at radius 1 is 1.30 bits per heavy atom. The van der Waals surface area contributed by atoms with Gasteiger partial charge < -0.3 is 15.4 Å². The standard InChI is InChI=1S/C14H13FN2O3/c1-7-3-4-11(10(15)5-7)16-13-9(14(19)20)6-12(17-13)8(2)18/h3-6,16-17H,1-2H3,(H,19,20). The number of Topliss-reactive ketones (excluding diaryl/α,β-unsaturated/α-hetero) is 1. The first-order valence-corrected chi connectivity index (χ1v) is 5.89. The number of hydrogen-bond donors (Lipinski definition) is 3. The Kier molecular flexibility index (Phi) is 3.56. The van der Waals surface area contributed by atoms with Crippen molar-refractivity contribution in [3.63, 3.8) is 0 Å². The second-order valence-electron chi connectivity index (χ2n) is 4.44. The number of benzene rings is 1. The molecule has 0 aliphatic carbocycles. The summed E-state index contributed by atoms with van der Waals surface area (Å²) < 4.78 is 13.7. The Labute approximate surface area is 114 Å². The van der Waals surface area contributed by atoms with Gasteiger partial charge in [0.05, 0.1) is 11.4 Å². The summed E-state index contributed by atoms with van der Waals surface area (Å²) in [7, 11) is 0. The van der Waals surface area contributed by atoms with Crippen LogP contribution in [-0.4, -0.2) is 21.8 Å². The summed E-state index contributed by atoms with van der Waals surface area (Å²) in [5.41, 5.74) is 0.921. The number of carboxylic acids is 1. The topological polar surface area (TPSA) is 82.2 Å². The van der Waals surface area contributed by atoms with Gasteiger partial charge in [-0.05, 0) is 30.7 Å². The van der Waals surface area contributed by atoms with Crippen LogP contribution in [0.3, 0.4) is 0 Å². The normalized spacial score (nSPS) is 10.3. The molecule has 0 fully saturated rings. The Balaban J connectivity index is 2.42. The predicted octanol–water partition coefficient (Wildman–Crippen LogP) is 3.11. The van der Waals surface area contributed by atoms with Crippen molar-refractivity contribution in [3.8, 4) is 0 Å². The number of hydrogen-bond acceptors (Lipinski definition) is 3. The maximum atomic E-state index is 13.7. The molecule has 5 nitrogen and oxygen atoms in total. The summed E-state index contributed by atoms with van der Waals surface area (Å²) in [5, 5.41) is 11.7. The third kappa shape index (κ3) is 2.69. The molecule has 0 atom stereocenters. The van der Waals surface area contributed by atoms with Crippen LogP contribution < -0.4 is 5.32 Å². The molecule has 2 rings (SSSR count). The number of carbonyl (C=O) groups excluding carboxylic acids is 1. The third-order valence-corrected chi connectivity index (χ3v) is 2.81. The monoisotopic (exact) mass is 276 g/mol. The number of anilines is 2. The van der Waals surface area contributed by atoms with Crippen molar-refractivity contribution in [2.24, 2.45) is 0 Å². The third-order valence-electron chi connectivity index (χ3n) is 2.81. The van der Waals surface area contributed by atoms with Crippen molar-refractivity contribution < 1.29 is 19.1 Å². The van der Waals surface area contributed by atoms with Gasteiger partial charge in [-0.25, -0.2) is 9.18 Å². The van der Waals surface area contributed by atoms with E-state index in [9.17, 15) is 14.0 Å². The van der Waals surface area contributed by atoms with Crippen molar-refractivity contribution in [1.82, 2.24) is 4.98 Å². The smallest absolute Gasteiger partial charge is 0.339 e. The van der Waals surface area contributed by atoms with Gasteiger partial charge in [0.1, 0.15) is 17.2 Å². The lowest BCUT2D eigenvalue weighted by Crippen LogP contribution is -2.02. The van der Waals surface area contributed by atoms with Gasteiger partial charge in [0.25, 0.3) is 0 Å². The molecule has 3 N–H and O–H groups in total. The summed E-state index contributed by atoms with van der Waals surface area (Å²) in [6.07, 6.45) is 0. The van der Waals surface area contributed by atoms with Crippen molar-refractivity contribution in [3.05, 3.63) is 46.9 Å². The van der Waals surface area contributed by atoms with Crippen LogP contribution in [0.5, 0.6) is 0 Å². The van der Waals surface area contributed by atoms with E-state index in [1.165, 1.54) is 25.1 Å². The number of rotatable bonds is 4. The van der Waals surface area contributed by atoms with Crippen molar-refractivity contribution in [1.29, 1.82) is 0 Å². The zero-order chi connectivity index (χ0) is 14.9. The number of carboxylic acid groups (broad SMARTS) is 1. The lowest BCUT2D eigenvalue weighted by atomic mass is 10.2. The van der Waals surface area contributed by atoms with Gasteiger partial charge in [0.15, 0.2) is 5.78 Å². The highest BCUT2D eigenvalue weighted by Gasteiger charge is 2.17. The molecule has 0 bridgehead atoms. The van der Waals surface area contributed by atoms with Crippen LogP contribution in [0.4, 0.5) is 15.9 Å². The number of carbonyl (C=O) groups is 2. The first kappa shape index (κ1) is 13.8. The number of H-pyrrole nitrogens is 1. The number of aromatic amines is 1. The highest BCUT2D eigenvalue weighted by atomic mass is 19.1. The fourth-order valence-corrected chi connectivity index (χ4v) is 1.77. The lowest BCUT2D eigenvalue weighted by molar-refractivity contribution is 0.0698. The van der Waals surface area contributed by atoms with Crippen LogP contribution in [0.1, 0.15) is 33.3 Å². The van der Waals surface area contributed by atoms with Crippen LogP contribution in [0, 0.1) is 12.7 Å². The molecule has 0 radical (unpaired) electrons. The van der Waals surface area contributed by atoms with E-state index in [4.69, 9.17) is 5.11 Å². The molecule has 0 unspecified atom stereocenters. The second kappa shape index (κ2) is 5.16. The molecular formula is C14H13FN2O3. The lowest BCUT2D eigenvalue weighted by Gasteiger charge is -2.07. The Morgan fingerprint density at radius 2 is 2.00 bits per heavy atom. The van der Waals surface area contributed by atoms with E-state index in [2.05, 4.69) is 10.3 Å². The molecule has 20 heavy (non-hydrogen) atoms. The second-order valence-corrected chi connectivity index (χ2v) is 4.44. The summed E-state index contributed by atoms with van der Waals surface area (Å²) in [4.78, 5) is 25.0. The number of aromatic nitrogens is 1. The number of ketones is 1. The Morgan fingerprint density at radius 3 is 2.55 bits per heavy atom. The zero-order valence-electron chi connectivity index (χ0n) is 11.0. The summed E-state index contributed by atoms with van der Waals surface area (Å²) in [6, 6.07) is 5.75. The van der Waals surface area contributed by atoms with Crippen molar-refractivity contribution in [2.75, 3.05) is 5.32 Å². The molecule has 0 saturated heterocycles. The average Bonchev–Trinajstić information content (AvgIpc) is 2.77. The molecule has 2 aromatic rings. The van der Waals surface area contributed by atoms with Gasteiger partial charge >= 0.3 is 5.97 Å². The summed E-state index contributed by atoms with van der Waals surface area (Å²) in [6.45, 7) is 3.06. The molecule has 1 aromatic heterocycles. The van der Waals surface area contributed by atoms with Crippen molar-refractivity contribution in [2.45, 2.75) is 13.8 Å². The van der Waals surface area contributed by atoms with Crippen LogP contribution in [-0.2, 0) is 0 Å². The minimum absolute atomic E-state index is 0.0745. The molecule has 0 aliphatic rings. The minimum atomic E-state index is -1.20. The van der Waals surface area contributed by atoms with E-state index in [0.717, 1.165) is 5.56 Å².